The smallest absolute Gasteiger partial charge is 0.163 e. The lowest BCUT2D eigenvalue weighted by atomic mass is 10.1. The largest absolute Gasteiger partial charge is 0.345 e. The van der Waals surface area contributed by atoms with Gasteiger partial charge in [0.2, 0.25) is 0 Å². The maximum Gasteiger partial charge on any atom is 0.163 e. The minimum atomic E-state index is -0.254. The summed E-state index contributed by atoms with van der Waals surface area (Å²) in [5, 5.41) is 30.1. The van der Waals surface area contributed by atoms with Gasteiger partial charge in [0.05, 0.1) is 0 Å². The van der Waals surface area contributed by atoms with Crippen molar-refractivity contribution in [3.63, 3.8) is 0 Å². The minimum Gasteiger partial charge on any atom is -0.345 e. The lowest BCUT2D eigenvalue weighted by Gasteiger charge is -2.08. The highest BCUT2D eigenvalue weighted by atomic mass is 35.5. The SMILES string of the molecule is N#CC(C#N)=C(C#N)Nc1cccc(-c2cccc(Cl)c2)c1. The van der Waals surface area contributed by atoms with E-state index in [1.165, 1.54) is 0 Å². The van der Waals surface area contributed by atoms with E-state index < -0.39 is 0 Å². The van der Waals surface area contributed by atoms with Crippen LogP contribution in [-0.2, 0) is 0 Å². The molecular formula is C17H9ClN4. The van der Waals surface area contributed by atoms with Crippen molar-refractivity contribution >= 4 is 17.3 Å². The fourth-order valence-corrected chi connectivity index (χ4v) is 2.06. The zero-order valence-electron chi connectivity index (χ0n) is 11.3. The van der Waals surface area contributed by atoms with Gasteiger partial charge < -0.3 is 5.32 Å². The van der Waals surface area contributed by atoms with Gasteiger partial charge in [-0.25, -0.2) is 0 Å². The van der Waals surface area contributed by atoms with Crippen molar-refractivity contribution in [1.29, 1.82) is 15.8 Å². The maximum atomic E-state index is 9.05. The van der Waals surface area contributed by atoms with E-state index in [1.54, 1.807) is 24.3 Å². The van der Waals surface area contributed by atoms with Crippen LogP contribution in [-0.4, -0.2) is 0 Å². The monoisotopic (exact) mass is 304 g/mol. The molecule has 0 amide bonds. The van der Waals surface area contributed by atoms with Crippen LogP contribution in [0.3, 0.4) is 0 Å². The van der Waals surface area contributed by atoms with Gasteiger partial charge in [0.15, 0.2) is 5.57 Å². The molecule has 22 heavy (non-hydrogen) atoms. The number of nitrogens with zero attached hydrogens (tertiary/aromatic N) is 3. The Bertz CT molecular complexity index is 847. The molecule has 0 unspecified atom stereocenters. The number of rotatable bonds is 3. The van der Waals surface area contributed by atoms with Gasteiger partial charge in [-0.3, -0.25) is 0 Å². The standard InChI is InChI=1S/C17H9ClN4/c18-15-5-1-3-12(7-15)13-4-2-6-16(8-13)22-17(11-21)14(9-19)10-20/h1-8,22H. The molecule has 2 aromatic carbocycles. The van der Waals surface area contributed by atoms with Crippen LogP contribution >= 0.6 is 11.6 Å². The highest BCUT2D eigenvalue weighted by Crippen LogP contribution is 2.25. The lowest BCUT2D eigenvalue weighted by Crippen LogP contribution is -2.00. The molecule has 0 bridgehead atoms. The van der Waals surface area contributed by atoms with Crippen molar-refractivity contribution in [2.45, 2.75) is 0 Å². The van der Waals surface area contributed by atoms with E-state index in [2.05, 4.69) is 5.32 Å². The van der Waals surface area contributed by atoms with Gasteiger partial charge in [-0.1, -0.05) is 35.9 Å². The molecule has 1 N–H and O–H groups in total. The maximum absolute atomic E-state index is 9.05. The number of halogens is 1. The van der Waals surface area contributed by atoms with Crippen LogP contribution in [0.2, 0.25) is 5.02 Å². The molecule has 0 spiro atoms. The average molecular weight is 305 g/mol. The Morgan fingerprint density at radius 3 is 2.09 bits per heavy atom. The summed E-state index contributed by atoms with van der Waals surface area (Å²) in [7, 11) is 0. The van der Waals surface area contributed by atoms with Crippen molar-refractivity contribution in [1.82, 2.24) is 0 Å². The second-order valence-electron chi connectivity index (χ2n) is 4.30. The van der Waals surface area contributed by atoms with Crippen molar-refractivity contribution in [3.05, 3.63) is 64.8 Å². The number of benzene rings is 2. The first-order chi connectivity index (χ1) is 10.7. The molecule has 0 fully saturated rings. The predicted octanol–water partition coefficient (Wildman–Crippen LogP) is 4.24. The molecule has 0 saturated heterocycles. The van der Waals surface area contributed by atoms with Crippen molar-refractivity contribution in [3.8, 4) is 29.3 Å². The van der Waals surface area contributed by atoms with E-state index in [0.717, 1.165) is 11.1 Å². The zero-order valence-corrected chi connectivity index (χ0v) is 12.1. The third-order valence-corrected chi connectivity index (χ3v) is 3.11. The Balaban J connectivity index is 2.39. The Morgan fingerprint density at radius 2 is 1.50 bits per heavy atom. The van der Waals surface area contributed by atoms with E-state index in [9.17, 15) is 0 Å². The summed E-state index contributed by atoms with van der Waals surface area (Å²) in [6.45, 7) is 0. The molecule has 0 aliphatic rings. The summed E-state index contributed by atoms with van der Waals surface area (Å²) in [5.41, 5.74) is 2.11. The zero-order chi connectivity index (χ0) is 15.9. The quantitative estimate of drug-likeness (QED) is 0.859. The van der Waals surface area contributed by atoms with E-state index in [0.29, 0.717) is 10.7 Å². The summed E-state index contributed by atoms with van der Waals surface area (Å²) >= 11 is 5.98. The normalized spacial score (nSPS) is 9.00. The topological polar surface area (TPSA) is 83.4 Å². The molecular weight excluding hydrogens is 296 g/mol. The Morgan fingerprint density at radius 1 is 0.864 bits per heavy atom. The molecule has 0 saturated carbocycles. The first kappa shape index (κ1) is 15.1. The minimum absolute atomic E-state index is 0.0757. The second-order valence-corrected chi connectivity index (χ2v) is 4.74. The highest BCUT2D eigenvalue weighted by molar-refractivity contribution is 6.30. The Kier molecular flexibility index (Phi) is 4.78. The Hall–Kier alpha value is -3.26. The molecule has 0 radical (unpaired) electrons. The molecule has 0 atom stereocenters. The summed E-state index contributed by atoms with van der Waals surface area (Å²) in [6.07, 6.45) is 0. The summed E-state index contributed by atoms with van der Waals surface area (Å²) in [6, 6.07) is 19.9. The van der Waals surface area contributed by atoms with Gasteiger partial charge in [0.25, 0.3) is 0 Å². The van der Waals surface area contributed by atoms with E-state index in [-0.39, 0.29) is 11.3 Å². The van der Waals surface area contributed by atoms with Gasteiger partial charge in [0.1, 0.15) is 23.9 Å². The number of nitriles is 3. The summed E-state index contributed by atoms with van der Waals surface area (Å²) in [4.78, 5) is 0. The number of allylic oxidation sites excluding steroid dienone is 2. The number of hydrogen-bond donors (Lipinski definition) is 1. The predicted molar refractivity (Wildman–Crippen MR) is 84.4 cm³/mol. The van der Waals surface area contributed by atoms with Crippen LogP contribution < -0.4 is 5.32 Å². The van der Waals surface area contributed by atoms with Gasteiger partial charge in [-0.2, -0.15) is 15.8 Å². The van der Waals surface area contributed by atoms with Crippen LogP contribution in [0.25, 0.3) is 11.1 Å². The number of nitrogens with one attached hydrogen (secondary N) is 1. The average Bonchev–Trinajstić information content (AvgIpc) is 2.55. The van der Waals surface area contributed by atoms with Crippen molar-refractivity contribution < 1.29 is 0 Å². The molecule has 2 aromatic rings. The Labute approximate surface area is 133 Å². The summed E-state index contributed by atoms with van der Waals surface area (Å²) < 4.78 is 0. The van der Waals surface area contributed by atoms with Crippen LogP contribution in [0.1, 0.15) is 0 Å². The van der Waals surface area contributed by atoms with Gasteiger partial charge in [-0.05, 0) is 35.4 Å². The van der Waals surface area contributed by atoms with Crippen molar-refractivity contribution in [2.75, 3.05) is 5.32 Å². The molecule has 4 nitrogen and oxygen atoms in total. The highest BCUT2D eigenvalue weighted by Gasteiger charge is 2.07. The van der Waals surface area contributed by atoms with Gasteiger partial charge in [-0.15, -0.1) is 0 Å². The number of hydrogen-bond acceptors (Lipinski definition) is 4. The van der Waals surface area contributed by atoms with Gasteiger partial charge >= 0.3 is 0 Å². The molecule has 0 aliphatic carbocycles. The third-order valence-electron chi connectivity index (χ3n) is 2.88. The summed E-state index contributed by atoms with van der Waals surface area (Å²) in [5.74, 6) is 0. The third kappa shape index (κ3) is 3.44. The molecule has 5 heteroatoms. The van der Waals surface area contributed by atoms with E-state index >= 15 is 0 Å². The first-order valence-electron chi connectivity index (χ1n) is 6.25. The van der Waals surface area contributed by atoms with Gasteiger partial charge in [0, 0.05) is 10.7 Å². The fourth-order valence-electron chi connectivity index (χ4n) is 1.87. The molecule has 0 heterocycles. The van der Waals surface area contributed by atoms with E-state index in [4.69, 9.17) is 27.4 Å². The van der Waals surface area contributed by atoms with Crippen LogP contribution in [0.15, 0.2) is 59.8 Å². The van der Waals surface area contributed by atoms with Crippen LogP contribution in [0.4, 0.5) is 5.69 Å². The van der Waals surface area contributed by atoms with Crippen LogP contribution in [0, 0.1) is 34.0 Å². The lowest BCUT2D eigenvalue weighted by molar-refractivity contribution is 1.37. The van der Waals surface area contributed by atoms with Crippen LogP contribution in [0.5, 0.6) is 0 Å². The second kappa shape index (κ2) is 6.95. The molecule has 0 aromatic heterocycles. The molecule has 2 rings (SSSR count). The first-order valence-corrected chi connectivity index (χ1v) is 6.63. The van der Waals surface area contributed by atoms with E-state index in [1.807, 2.05) is 42.5 Å². The number of anilines is 1. The molecule has 104 valence electrons. The van der Waals surface area contributed by atoms with Crippen molar-refractivity contribution in [2.24, 2.45) is 0 Å². The molecule has 0 aliphatic heterocycles. The fraction of sp³-hybridized carbons (Fsp3) is 0.